The second kappa shape index (κ2) is 8.04. The van der Waals surface area contributed by atoms with Crippen molar-refractivity contribution in [3.8, 4) is 0 Å². The van der Waals surface area contributed by atoms with Gasteiger partial charge < -0.3 is 15.4 Å². The molecule has 0 fully saturated rings. The maximum absolute atomic E-state index is 13.1. The van der Waals surface area contributed by atoms with Crippen molar-refractivity contribution in [2.24, 2.45) is 0 Å². The molecule has 0 spiro atoms. The lowest BCUT2D eigenvalue weighted by Crippen LogP contribution is -2.36. The Morgan fingerprint density at radius 1 is 1.20 bits per heavy atom. The van der Waals surface area contributed by atoms with Crippen molar-refractivity contribution in [1.82, 2.24) is 14.9 Å². The van der Waals surface area contributed by atoms with Crippen molar-refractivity contribution in [1.29, 1.82) is 0 Å². The van der Waals surface area contributed by atoms with Crippen LogP contribution in [-0.4, -0.2) is 26.5 Å². The summed E-state index contributed by atoms with van der Waals surface area (Å²) in [5, 5.41) is 11.4. The van der Waals surface area contributed by atoms with E-state index in [4.69, 9.17) is 5.11 Å². The first kappa shape index (κ1) is 18.1. The molecule has 0 aliphatic rings. The summed E-state index contributed by atoms with van der Waals surface area (Å²) in [6.07, 6.45) is 0.940. The Hall–Kier alpha value is -3.23. The number of aromatic carboxylic acids is 1. The Balaban J connectivity index is 1.81. The number of amides is 1. The molecule has 25 heavy (non-hydrogen) atoms. The summed E-state index contributed by atoms with van der Waals surface area (Å²) >= 11 is 0. The maximum atomic E-state index is 13.1. The first-order valence-corrected chi connectivity index (χ1v) is 7.45. The van der Waals surface area contributed by atoms with Crippen LogP contribution in [0.1, 0.15) is 28.8 Å². The second-order valence-electron chi connectivity index (χ2n) is 5.28. The summed E-state index contributed by atoms with van der Waals surface area (Å²) in [5.74, 6) is -2.39. The van der Waals surface area contributed by atoms with E-state index in [1.165, 1.54) is 12.1 Å². The molecule has 1 aromatic carbocycles. The van der Waals surface area contributed by atoms with Crippen molar-refractivity contribution in [2.75, 3.05) is 0 Å². The topological polar surface area (TPSA) is 121 Å². The van der Waals surface area contributed by atoms with E-state index in [0.717, 1.165) is 5.56 Å². The number of hydrogen-bond donors (Lipinski definition) is 3. The first-order valence-electron chi connectivity index (χ1n) is 7.45. The number of aromatic amines is 1. The van der Waals surface area contributed by atoms with E-state index < -0.39 is 23.0 Å². The summed E-state index contributed by atoms with van der Waals surface area (Å²) < 4.78 is 13.8. The average Bonchev–Trinajstić information content (AvgIpc) is 2.60. The Labute approximate surface area is 140 Å². The number of benzene rings is 1. The van der Waals surface area contributed by atoms with Crippen molar-refractivity contribution in [3.05, 3.63) is 68.2 Å². The summed E-state index contributed by atoms with van der Waals surface area (Å²) in [6.45, 7) is 0.145. The maximum Gasteiger partial charge on any atom is 0.335 e. The van der Waals surface area contributed by atoms with Gasteiger partial charge in [-0.2, -0.15) is 4.39 Å². The molecule has 0 aliphatic carbocycles. The SMILES string of the molecule is O=C(CCCn1c(=O)[nH]cc(F)c1=O)NCc1ccc(C(=O)O)cc1. The van der Waals surface area contributed by atoms with Crippen LogP contribution >= 0.6 is 0 Å². The summed E-state index contributed by atoms with van der Waals surface area (Å²) in [6, 6.07) is 6.06. The molecule has 0 radical (unpaired) electrons. The highest BCUT2D eigenvalue weighted by Gasteiger charge is 2.08. The minimum absolute atomic E-state index is 0.0512. The molecule has 1 aromatic heterocycles. The number of nitrogens with one attached hydrogen (secondary N) is 2. The standard InChI is InChI=1S/C16H16FN3O5/c17-12-9-19-16(25)20(14(12)22)7-1-2-13(21)18-8-10-3-5-11(6-4-10)15(23)24/h3-6,9H,1-2,7-8H2,(H,18,21)(H,19,25)(H,23,24). The van der Waals surface area contributed by atoms with Crippen LogP contribution in [0.15, 0.2) is 40.1 Å². The first-order chi connectivity index (χ1) is 11.9. The molecule has 0 saturated heterocycles. The minimum Gasteiger partial charge on any atom is -0.478 e. The predicted molar refractivity (Wildman–Crippen MR) is 85.8 cm³/mol. The van der Waals surface area contributed by atoms with Crippen molar-refractivity contribution >= 4 is 11.9 Å². The fourth-order valence-corrected chi connectivity index (χ4v) is 2.14. The van der Waals surface area contributed by atoms with E-state index in [0.29, 0.717) is 10.8 Å². The zero-order valence-electron chi connectivity index (χ0n) is 13.1. The lowest BCUT2D eigenvalue weighted by Gasteiger charge is -2.07. The number of nitrogens with zero attached hydrogens (tertiary/aromatic N) is 1. The van der Waals surface area contributed by atoms with E-state index >= 15 is 0 Å². The van der Waals surface area contributed by atoms with Gasteiger partial charge in [-0.05, 0) is 24.1 Å². The van der Waals surface area contributed by atoms with Crippen molar-refractivity contribution in [2.45, 2.75) is 25.9 Å². The number of rotatable bonds is 7. The van der Waals surface area contributed by atoms with Gasteiger partial charge >= 0.3 is 11.7 Å². The molecule has 1 heterocycles. The average molecular weight is 349 g/mol. The number of aromatic nitrogens is 2. The van der Waals surface area contributed by atoms with Crippen LogP contribution in [0.3, 0.4) is 0 Å². The lowest BCUT2D eigenvalue weighted by molar-refractivity contribution is -0.121. The van der Waals surface area contributed by atoms with Gasteiger partial charge in [0.25, 0.3) is 5.56 Å². The van der Waals surface area contributed by atoms with Gasteiger partial charge in [0, 0.05) is 25.7 Å². The lowest BCUT2D eigenvalue weighted by atomic mass is 10.1. The highest BCUT2D eigenvalue weighted by Crippen LogP contribution is 2.04. The molecule has 1 amide bonds. The van der Waals surface area contributed by atoms with Gasteiger partial charge in [0.2, 0.25) is 11.7 Å². The molecule has 2 aromatic rings. The Kier molecular flexibility index (Phi) is 5.83. The van der Waals surface area contributed by atoms with Gasteiger partial charge in [0.15, 0.2) is 0 Å². The summed E-state index contributed by atoms with van der Waals surface area (Å²) in [4.78, 5) is 47.5. The van der Waals surface area contributed by atoms with Gasteiger partial charge in [-0.25, -0.2) is 9.59 Å². The van der Waals surface area contributed by atoms with Crippen LogP contribution in [0.4, 0.5) is 4.39 Å². The largest absolute Gasteiger partial charge is 0.478 e. The smallest absolute Gasteiger partial charge is 0.335 e. The zero-order chi connectivity index (χ0) is 18.4. The van der Waals surface area contributed by atoms with E-state index in [2.05, 4.69) is 10.3 Å². The molecule has 0 atom stereocenters. The third kappa shape index (κ3) is 4.87. The number of carboxylic acid groups (broad SMARTS) is 1. The van der Waals surface area contributed by atoms with Crippen molar-refractivity contribution in [3.63, 3.8) is 0 Å². The predicted octanol–water partition coefficient (Wildman–Crippen LogP) is 0.470. The minimum atomic E-state index is -1.06. The third-order valence-corrected chi connectivity index (χ3v) is 3.49. The van der Waals surface area contributed by atoms with Crippen molar-refractivity contribution < 1.29 is 19.1 Å². The molecule has 2 rings (SSSR count). The quantitative estimate of drug-likeness (QED) is 0.671. The number of carboxylic acids is 1. The number of hydrogen-bond acceptors (Lipinski definition) is 4. The molecule has 9 heteroatoms. The number of carbonyl (C=O) groups excluding carboxylic acids is 1. The Morgan fingerprint density at radius 3 is 2.52 bits per heavy atom. The monoisotopic (exact) mass is 349 g/mol. The highest BCUT2D eigenvalue weighted by molar-refractivity contribution is 5.87. The van der Waals surface area contributed by atoms with Crippen LogP contribution in [0.5, 0.6) is 0 Å². The highest BCUT2D eigenvalue weighted by atomic mass is 19.1. The molecule has 0 saturated carbocycles. The van der Waals surface area contributed by atoms with Gasteiger partial charge in [-0.1, -0.05) is 12.1 Å². The molecule has 0 unspecified atom stereocenters. The Morgan fingerprint density at radius 2 is 1.88 bits per heavy atom. The van der Waals surface area contributed by atoms with Crippen LogP contribution in [0.2, 0.25) is 0 Å². The molecule has 3 N–H and O–H groups in total. The van der Waals surface area contributed by atoms with Crippen LogP contribution in [0.25, 0.3) is 0 Å². The normalized spacial score (nSPS) is 10.4. The van der Waals surface area contributed by atoms with E-state index in [1.54, 1.807) is 12.1 Å². The zero-order valence-corrected chi connectivity index (χ0v) is 13.1. The number of halogens is 1. The van der Waals surface area contributed by atoms with E-state index in [-0.39, 0.29) is 37.4 Å². The van der Waals surface area contributed by atoms with Crippen LogP contribution < -0.4 is 16.6 Å². The van der Waals surface area contributed by atoms with Crippen LogP contribution in [-0.2, 0) is 17.9 Å². The fourth-order valence-electron chi connectivity index (χ4n) is 2.14. The number of H-pyrrole nitrogens is 1. The van der Waals surface area contributed by atoms with Gasteiger partial charge in [0.1, 0.15) is 0 Å². The number of carbonyl (C=O) groups is 2. The third-order valence-electron chi connectivity index (χ3n) is 3.49. The molecule has 132 valence electrons. The van der Waals surface area contributed by atoms with Gasteiger partial charge in [-0.15, -0.1) is 0 Å². The van der Waals surface area contributed by atoms with Gasteiger partial charge in [0.05, 0.1) is 5.56 Å². The van der Waals surface area contributed by atoms with Gasteiger partial charge in [-0.3, -0.25) is 14.2 Å². The Bertz CT molecular complexity index is 886. The van der Waals surface area contributed by atoms with E-state index in [9.17, 15) is 23.6 Å². The molecule has 0 bridgehead atoms. The van der Waals surface area contributed by atoms with E-state index in [1.807, 2.05) is 0 Å². The summed E-state index contributed by atoms with van der Waals surface area (Å²) in [7, 11) is 0. The molecule has 8 nitrogen and oxygen atoms in total. The molecular weight excluding hydrogens is 333 g/mol. The van der Waals surface area contributed by atoms with Crippen LogP contribution in [0, 0.1) is 5.82 Å². The summed E-state index contributed by atoms with van der Waals surface area (Å²) in [5.41, 5.74) is -0.870. The molecular formula is C16H16FN3O5. The fraction of sp³-hybridized carbons (Fsp3) is 0.250. The second-order valence-corrected chi connectivity index (χ2v) is 5.28. The molecule has 0 aliphatic heterocycles.